The van der Waals surface area contributed by atoms with Crippen LogP contribution in [0.5, 0.6) is 0 Å². The van der Waals surface area contributed by atoms with E-state index in [-0.39, 0.29) is 0 Å². The molecule has 0 saturated carbocycles. The van der Waals surface area contributed by atoms with Crippen LogP contribution < -0.4 is 11.5 Å². The zero-order valence-corrected chi connectivity index (χ0v) is 12.6. The maximum Gasteiger partial charge on any atom is 0.189 e. The van der Waals surface area contributed by atoms with Crippen LogP contribution in [0.15, 0.2) is 0 Å². The Labute approximate surface area is 102 Å². The van der Waals surface area contributed by atoms with Gasteiger partial charge in [-0.15, -0.1) is 0 Å². The van der Waals surface area contributed by atoms with Crippen LogP contribution >= 0.6 is 0 Å². The molecule has 0 aliphatic carbocycles. The van der Waals surface area contributed by atoms with Crippen molar-refractivity contribution in [3.63, 3.8) is 0 Å². The predicted octanol–water partition coefficient (Wildman–Crippen LogP) is 2.46. The molecule has 0 amide bonds. The normalized spacial score (nSPS) is 18.2. The van der Waals surface area contributed by atoms with Crippen molar-refractivity contribution < 1.29 is 4.43 Å². The van der Waals surface area contributed by atoms with Crippen molar-refractivity contribution in [2.45, 2.75) is 70.2 Å². The molecule has 0 radical (unpaired) electrons. The number of hydrogen-bond acceptors (Lipinski definition) is 3. The fourth-order valence-electron chi connectivity index (χ4n) is 1.93. The van der Waals surface area contributed by atoms with Gasteiger partial charge in [-0.3, -0.25) is 0 Å². The van der Waals surface area contributed by atoms with E-state index in [9.17, 15) is 0 Å². The molecule has 0 fully saturated rings. The summed E-state index contributed by atoms with van der Waals surface area (Å²) in [6.07, 6.45) is 4.53. The molecule has 2 atom stereocenters. The molecule has 98 valence electrons. The Bertz CT molecular complexity index is 172. The SMILES string of the molecule is CO[Si](C)(C)C(CCC(C)N)CCC(C)N. The lowest BCUT2D eigenvalue weighted by Gasteiger charge is -2.31. The standard InChI is InChI=1S/C12H30N2OSi/c1-10(13)6-8-12(9-7-11(2)14)16(4,5)15-3/h10-12H,6-9,13-14H2,1-5H3. The molecule has 4 heteroatoms. The van der Waals surface area contributed by atoms with Gasteiger partial charge >= 0.3 is 0 Å². The lowest BCUT2D eigenvalue weighted by atomic mass is 10.1. The van der Waals surface area contributed by atoms with Crippen LogP contribution in [0.1, 0.15) is 39.5 Å². The van der Waals surface area contributed by atoms with E-state index in [1.807, 2.05) is 7.11 Å². The van der Waals surface area contributed by atoms with Crippen molar-refractivity contribution in [2.75, 3.05) is 7.11 Å². The van der Waals surface area contributed by atoms with E-state index in [0.717, 1.165) is 12.8 Å². The van der Waals surface area contributed by atoms with E-state index in [4.69, 9.17) is 15.9 Å². The topological polar surface area (TPSA) is 61.3 Å². The monoisotopic (exact) mass is 246 g/mol. The Morgan fingerprint density at radius 1 is 0.938 bits per heavy atom. The van der Waals surface area contributed by atoms with Gasteiger partial charge in [-0.2, -0.15) is 0 Å². The van der Waals surface area contributed by atoms with E-state index in [2.05, 4.69) is 26.9 Å². The maximum atomic E-state index is 5.83. The minimum atomic E-state index is -1.55. The summed E-state index contributed by atoms with van der Waals surface area (Å²) in [5.74, 6) is 0. The van der Waals surface area contributed by atoms with Crippen LogP contribution in [0.3, 0.4) is 0 Å². The number of rotatable bonds is 8. The average molecular weight is 246 g/mol. The Balaban J connectivity index is 4.27. The smallest absolute Gasteiger partial charge is 0.189 e. The summed E-state index contributed by atoms with van der Waals surface area (Å²) in [5.41, 5.74) is 12.3. The minimum absolute atomic E-state index is 0.291. The van der Waals surface area contributed by atoms with Gasteiger partial charge in [0.15, 0.2) is 8.32 Å². The third-order valence-electron chi connectivity index (χ3n) is 3.45. The van der Waals surface area contributed by atoms with Gasteiger partial charge in [-0.05, 0) is 58.2 Å². The molecule has 0 spiro atoms. The Morgan fingerprint density at radius 3 is 1.56 bits per heavy atom. The molecule has 2 unspecified atom stereocenters. The highest BCUT2D eigenvalue weighted by atomic mass is 28.4. The molecule has 0 aliphatic heterocycles. The summed E-state index contributed by atoms with van der Waals surface area (Å²) < 4.78 is 5.72. The third-order valence-corrected chi connectivity index (χ3v) is 7.05. The van der Waals surface area contributed by atoms with Gasteiger partial charge in [0, 0.05) is 19.2 Å². The second-order valence-corrected chi connectivity index (χ2v) is 10.0. The molecule has 0 bridgehead atoms. The molecule has 0 heterocycles. The number of nitrogens with two attached hydrogens (primary N) is 2. The molecule has 0 rings (SSSR count). The second-order valence-electron chi connectivity index (χ2n) is 5.61. The van der Waals surface area contributed by atoms with Crippen molar-refractivity contribution in [1.29, 1.82) is 0 Å². The molecule has 0 aliphatic rings. The molecule has 0 aromatic carbocycles. The molecule has 0 saturated heterocycles. The lowest BCUT2D eigenvalue weighted by Crippen LogP contribution is -2.36. The van der Waals surface area contributed by atoms with Gasteiger partial charge in [-0.1, -0.05) is 0 Å². The average Bonchev–Trinajstić information content (AvgIpc) is 2.16. The third kappa shape index (κ3) is 6.63. The van der Waals surface area contributed by atoms with E-state index >= 15 is 0 Å². The van der Waals surface area contributed by atoms with Crippen LogP contribution in [0.4, 0.5) is 0 Å². The highest BCUT2D eigenvalue weighted by Gasteiger charge is 2.32. The van der Waals surface area contributed by atoms with Crippen molar-refractivity contribution in [3.8, 4) is 0 Å². The van der Waals surface area contributed by atoms with Crippen molar-refractivity contribution in [1.82, 2.24) is 0 Å². The highest BCUT2D eigenvalue weighted by Crippen LogP contribution is 2.32. The van der Waals surface area contributed by atoms with Gasteiger partial charge in [-0.25, -0.2) is 0 Å². The maximum absolute atomic E-state index is 5.83. The van der Waals surface area contributed by atoms with E-state index < -0.39 is 8.32 Å². The summed E-state index contributed by atoms with van der Waals surface area (Å²) in [6, 6.07) is 0.582. The largest absolute Gasteiger partial charge is 0.420 e. The quantitative estimate of drug-likeness (QED) is 0.647. The van der Waals surface area contributed by atoms with Crippen molar-refractivity contribution in [2.24, 2.45) is 11.5 Å². The second kappa shape index (κ2) is 7.43. The first-order valence-corrected chi connectivity index (χ1v) is 9.34. The fourth-order valence-corrected chi connectivity index (χ4v) is 3.99. The summed E-state index contributed by atoms with van der Waals surface area (Å²) in [7, 11) is 0.293. The summed E-state index contributed by atoms with van der Waals surface area (Å²) in [4.78, 5) is 0. The fraction of sp³-hybridized carbons (Fsp3) is 1.00. The van der Waals surface area contributed by atoms with E-state index in [0.29, 0.717) is 17.6 Å². The van der Waals surface area contributed by atoms with Crippen molar-refractivity contribution >= 4 is 8.32 Å². The van der Waals surface area contributed by atoms with E-state index in [1.165, 1.54) is 12.8 Å². The molecular weight excluding hydrogens is 216 g/mol. The van der Waals surface area contributed by atoms with Gasteiger partial charge in [0.25, 0.3) is 0 Å². The van der Waals surface area contributed by atoms with Crippen LogP contribution in [0, 0.1) is 0 Å². The van der Waals surface area contributed by atoms with Gasteiger partial charge in [0.1, 0.15) is 0 Å². The molecule has 0 aromatic heterocycles. The van der Waals surface area contributed by atoms with E-state index in [1.54, 1.807) is 0 Å². The summed E-state index contributed by atoms with van der Waals surface area (Å²) in [5, 5.41) is 0. The molecule has 16 heavy (non-hydrogen) atoms. The molecule has 4 N–H and O–H groups in total. The summed E-state index contributed by atoms with van der Waals surface area (Å²) >= 11 is 0. The molecular formula is C12H30N2OSi. The minimum Gasteiger partial charge on any atom is -0.420 e. The first kappa shape index (κ1) is 16.1. The summed E-state index contributed by atoms with van der Waals surface area (Å²) in [6.45, 7) is 8.73. The molecule has 3 nitrogen and oxygen atoms in total. The zero-order valence-electron chi connectivity index (χ0n) is 11.6. The molecule has 0 aromatic rings. The Morgan fingerprint density at radius 2 is 1.31 bits per heavy atom. The zero-order chi connectivity index (χ0) is 12.8. The van der Waals surface area contributed by atoms with Crippen molar-refractivity contribution in [3.05, 3.63) is 0 Å². The Kier molecular flexibility index (Phi) is 7.47. The van der Waals surface area contributed by atoms with Crippen LogP contribution in [0.25, 0.3) is 0 Å². The highest BCUT2D eigenvalue weighted by molar-refractivity contribution is 6.72. The van der Waals surface area contributed by atoms with Crippen LogP contribution in [-0.2, 0) is 4.43 Å². The van der Waals surface area contributed by atoms with Gasteiger partial charge in [0.05, 0.1) is 0 Å². The lowest BCUT2D eigenvalue weighted by molar-refractivity contribution is 0.373. The van der Waals surface area contributed by atoms with Crippen LogP contribution in [-0.4, -0.2) is 27.5 Å². The predicted molar refractivity (Wildman–Crippen MR) is 74.0 cm³/mol. The first-order chi connectivity index (χ1) is 7.29. The van der Waals surface area contributed by atoms with Gasteiger partial charge in [0.2, 0.25) is 0 Å². The van der Waals surface area contributed by atoms with Crippen LogP contribution in [0.2, 0.25) is 18.6 Å². The first-order valence-electron chi connectivity index (χ1n) is 6.36. The number of hydrogen-bond donors (Lipinski definition) is 2. The van der Waals surface area contributed by atoms with Gasteiger partial charge < -0.3 is 15.9 Å². The Hall–Kier alpha value is 0.0969.